The van der Waals surface area contributed by atoms with Crippen molar-refractivity contribution in [2.75, 3.05) is 13.2 Å². The fourth-order valence-electron chi connectivity index (χ4n) is 5.35. The zero-order chi connectivity index (χ0) is 24.8. The van der Waals surface area contributed by atoms with Gasteiger partial charge in [-0.25, -0.2) is 4.79 Å². The molecule has 2 aromatic carbocycles. The van der Waals surface area contributed by atoms with E-state index in [0.717, 1.165) is 12.8 Å². The van der Waals surface area contributed by atoms with Crippen LogP contribution in [0.3, 0.4) is 0 Å². The molecule has 3 N–H and O–H groups in total. The van der Waals surface area contributed by atoms with Crippen LogP contribution in [0.1, 0.15) is 62.5 Å². The number of hydrogen-bond donors (Lipinski definition) is 3. The van der Waals surface area contributed by atoms with Gasteiger partial charge in [0.1, 0.15) is 6.61 Å². The van der Waals surface area contributed by atoms with Crippen LogP contribution in [0.15, 0.2) is 48.5 Å². The van der Waals surface area contributed by atoms with E-state index < -0.39 is 18.0 Å². The number of carboxylic acids is 1. The zero-order valence-electron chi connectivity index (χ0n) is 20.2. The summed E-state index contributed by atoms with van der Waals surface area (Å²) >= 11 is 0. The third-order valence-corrected chi connectivity index (χ3v) is 7.21. The first-order valence-corrected chi connectivity index (χ1v) is 12.5. The normalized spacial score (nSPS) is 19.8. The minimum absolute atomic E-state index is 0.0187. The Morgan fingerprint density at radius 1 is 1.00 bits per heavy atom. The van der Waals surface area contributed by atoms with Crippen LogP contribution >= 0.6 is 0 Å². The van der Waals surface area contributed by atoms with Crippen LogP contribution in [0, 0.1) is 11.8 Å². The lowest BCUT2D eigenvalue weighted by atomic mass is 9.84. The van der Waals surface area contributed by atoms with Crippen molar-refractivity contribution in [3.05, 3.63) is 59.7 Å². The molecule has 2 aliphatic carbocycles. The first-order valence-electron chi connectivity index (χ1n) is 12.5. The van der Waals surface area contributed by atoms with Gasteiger partial charge in [-0.05, 0) is 47.4 Å². The van der Waals surface area contributed by atoms with E-state index in [1.165, 1.54) is 22.3 Å². The molecule has 1 fully saturated rings. The summed E-state index contributed by atoms with van der Waals surface area (Å²) in [5.41, 5.74) is 4.72. The van der Waals surface area contributed by atoms with Crippen LogP contribution in [-0.2, 0) is 14.3 Å². The van der Waals surface area contributed by atoms with E-state index in [9.17, 15) is 19.5 Å². The summed E-state index contributed by atoms with van der Waals surface area (Å²) in [6.45, 7) is 2.63. The van der Waals surface area contributed by atoms with E-state index in [2.05, 4.69) is 34.9 Å². The minimum Gasteiger partial charge on any atom is -0.481 e. The Bertz CT molecular complexity index is 1020. The number of hydrogen-bond acceptors (Lipinski definition) is 4. The van der Waals surface area contributed by atoms with Crippen molar-refractivity contribution in [1.82, 2.24) is 10.6 Å². The second-order valence-electron chi connectivity index (χ2n) is 9.75. The number of aliphatic carboxylic acids is 1. The fraction of sp³-hybridized carbons (Fsp3) is 0.464. The van der Waals surface area contributed by atoms with Crippen LogP contribution in [0.4, 0.5) is 4.79 Å². The van der Waals surface area contributed by atoms with Crippen LogP contribution < -0.4 is 10.6 Å². The van der Waals surface area contributed by atoms with Crippen molar-refractivity contribution in [3.63, 3.8) is 0 Å². The van der Waals surface area contributed by atoms with Crippen LogP contribution in [0.25, 0.3) is 11.1 Å². The number of nitrogens with one attached hydrogen (secondary N) is 2. The molecule has 0 spiro atoms. The summed E-state index contributed by atoms with van der Waals surface area (Å²) in [5.74, 6) is -1.40. The van der Waals surface area contributed by atoms with E-state index in [4.69, 9.17) is 4.74 Å². The van der Waals surface area contributed by atoms with Crippen molar-refractivity contribution >= 4 is 18.0 Å². The highest BCUT2D eigenvalue weighted by molar-refractivity contribution is 5.79. The lowest BCUT2D eigenvalue weighted by molar-refractivity contribution is -0.144. The third kappa shape index (κ3) is 6.02. The number of rotatable bonds is 9. The summed E-state index contributed by atoms with van der Waals surface area (Å²) in [6.07, 6.45) is 3.62. The number of carbonyl (C=O) groups excluding carboxylic acids is 2. The minimum atomic E-state index is -0.838. The van der Waals surface area contributed by atoms with E-state index in [1.807, 2.05) is 31.2 Å². The van der Waals surface area contributed by atoms with Gasteiger partial charge in [-0.3, -0.25) is 9.59 Å². The van der Waals surface area contributed by atoms with Gasteiger partial charge in [0.25, 0.3) is 0 Å². The SMILES string of the molecule is CC(CCNC(=O)OCC1c2ccccc2-c2ccccc21)CC(=O)N[C@H]1CCCC[C@H]1C(=O)O. The number of fused-ring (bicyclic) bond motifs is 3. The maximum absolute atomic E-state index is 12.4. The highest BCUT2D eigenvalue weighted by Crippen LogP contribution is 2.44. The number of carboxylic acid groups (broad SMARTS) is 1. The number of alkyl carbamates (subject to hydrolysis) is 1. The Kier molecular flexibility index (Phi) is 8.06. The molecule has 2 aromatic rings. The van der Waals surface area contributed by atoms with Gasteiger partial charge in [-0.2, -0.15) is 0 Å². The Labute approximate surface area is 206 Å². The molecule has 1 unspecified atom stereocenters. The van der Waals surface area contributed by atoms with Gasteiger partial charge >= 0.3 is 12.1 Å². The Morgan fingerprint density at radius 3 is 2.29 bits per heavy atom. The third-order valence-electron chi connectivity index (χ3n) is 7.21. The summed E-state index contributed by atoms with van der Waals surface area (Å²) in [7, 11) is 0. The van der Waals surface area contributed by atoms with Gasteiger partial charge in [-0.15, -0.1) is 0 Å². The molecule has 0 saturated heterocycles. The lowest BCUT2D eigenvalue weighted by Crippen LogP contribution is -2.45. The van der Waals surface area contributed by atoms with E-state index >= 15 is 0 Å². The molecule has 3 atom stereocenters. The van der Waals surface area contributed by atoms with Crippen LogP contribution in [-0.4, -0.2) is 42.3 Å². The maximum atomic E-state index is 12.4. The van der Waals surface area contributed by atoms with Crippen LogP contribution in [0.5, 0.6) is 0 Å². The van der Waals surface area contributed by atoms with Crippen molar-refractivity contribution < 1.29 is 24.2 Å². The molecule has 186 valence electrons. The molecule has 0 aromatic heterocycles. The molecular formula is C28H34N2O5. The summed E-state index contributed by atoms with van der Waals surface area (Å²) in [6, 6.07) is 16.1. The Balaban J connectivity index is 1.19. The topological polar surface area (TPSA) is 105 Å². The molecule has 1 saturated carbocycles. The Hall–Kier alpha value is -3.35. The zero-order valence-corrected chi connectivity index (χ0v) is 20.2. The Morgan fingerprint density at radius 2 is 1.63 bits per heavy atom. The van der Waals surface area contributed by atoms with E-state index in [-0.39, 0.29) is 30.4 Å². The first kappa shape index (κ1) is 24.8. The van der Waals surface area contributed by atoms with Gasteiger partial charge in [0.2, 0.25) is 5.91 Å². The van der Waals surface area contributed by atoms with Crippen molar-refractivity contribution in [1.29, 1.82) is 0 Å². The molecule has 7 nitrogen and oxygen atoms in total. The first-order chi connectivity index (χ1) is 16.9. The fourth-order valence-corrected chi connectivity index (χ4v) is 5.35. The molecule has 2 aliphatic rings. The van der Waals surface area contributed by atoms with E-state index in [1.54, 1.807) is 0 Å². The average Bonchev–Trinajstić information content (AvgIpc) is 3.16. The summed E-state index contributed by atoms with van der Waals surface area (Å²) < 4.78 is 5.55. The predicted octanol–water partition coefficient (Wildman–Crippen LogP) is 4.70. The summed E-state index contributed by atoms with van der Waals surface area (Å²) in [4.78, 5) is 36.2. The highest BCUT2D eigenvalue weighted by Gasteiger charge is 2.32. The number of ether oxygens (including phenoxy) is 1. The highest BCUT2D eigenvalue weighted by atomic mass is 16.5. The van der Waals surface area contributed by atoms with Crippen molar-refractivity contribution in [3.8, 4) is 11.1 Å². The lowest BCUT2D eigenvalue weighted by Gasteiger charge is -2.29. The second kappa shape index (κ2) is 11.4. The van der Waals surface area contributed by atoms with E-state index in [0.29, 0.717) is 32.2 Å². The number of amides is 2. The van der Waals surface area contributed by atoms with Gasteiger partial charge in [0.05, 0.1) is 5.92 Å². The van der Waals surface area contributed by atoms with Crippen molar-refractivity contribution in [2.45, 2.75) is 57.4 Å². The monoisotopic (exact) mass is 478 g/mol. The molecule has 0 heterocycles. The smallest absolute Gasteiger partial charge is 0.407 e. The van der Waals surface area contributed by atoms with Gasteiger partial charge < -0.3 is 20.5 Å². The average molecular weight is 479 g/mol. The molecule has 7 heteroatoms. The largest absolute Gasteiger partial charge is 0.481 e. The molecule has 35 heavy (non-hydrogen) atoms. The molecule has 2 amide bonds. The molecule has 0 aliphatic heterocycles. The quantitative estimate of drug-likeness (QED) is 0.485. The molecular weight excluding hydrogens is 444 g/mol. The predicted molar refractivity (Wildman–Crippen MR) is 133 cm³/mol. The number of carbonyl (C=O) groups is 3. The van der Waals surface area contributed by atoms with Gasteiger partial charge in [-0.1, -0.05) is 68.3 Å². The standard InChI is InChI=1S/C28H34N2O5/c1-18(16-26(31)30-25-13-7-6-12-23(25)27(32)33)14-15-29-28(34)35-17-24-21-10-4-2-8-19(21)20-9-3-5-11-22(20)24/h2-5,8-11,18,23-25H,6-7,12-17H2,1H3,(H,29,34)(H,30,31)(H,32,33)/t18?,23-,25+/m1/s1. The molecule has 4 rings (SSSR count). The van der Waals surface area contributed by atoms with Gasteiger partial charge in [0, 0.05) is 24.9 Å². The molecule has 0 bridgehead atoms. The van der Waals surface area contributed by atoms with Crippen LogP contribution in [0.2, 0.25) is 0 Å². The molecule has 0 radical (unpaired) electrons. The number of benzene rings is 2. The van der Waals surface area contributed by atoms with Crippen molar-refractivity contribution in [2.24, 2.45) is 11.8 Å². The second-order valence-corrected chi connectivity index (χ2v) is 9.75. The maximum Gasteiger partial charge on any atom is 0.407 e. The summed E-state index contributed by atoms with van der Waals surface area (Å²) in [5, 5.41) is 15.1. The van der Waals surface area contributed by atoms with Gasteiger partial charge in [0.15, 0.2) is 0 Å².